The molecule has 144 valence electrons. The van der Waals surface area contributed by atoms with Gasteiger partial charge in [-0.05, 0) is 49.5 Å². The van der Waals surface area contributed by atoms with Crippen molar-refractivity contribution in [1.82, 2.24) is 15.1 Å². The molecule has 0 bridgehead atoms. The van der Waals surface area contributed by atoms with Gasteiger partial charge in [-0.25, -0.2) is 0 Å². The molecular weight excluding hydrogens is 342 g/mol. The van der Waals surface area contributed by atoms with Crippen molar-refractivity contribution in [2.45, 2.75) is 32.2 Å². The summed E-state index contributed by atoms with van der Waals surface area (Å²) in [5.41, 5.74) is 1.67. The van der Waals surface area contributed by atoms with E-state index in [2.05, 4.69) is 11.9 Å². The Balaban J connectivity index is 1.46. The largest absolute Gasteiger partial charge is 0.352 e. The topological polar surface area (TPSA) is 69.7 Å². The Hall–Kier alpha value is -2.63. The number of nitrogens with zero attached hydrogens (tertiary/aromatic N) is 2. The van der Waals surface area contributed by atoms with Crippen molar-refractivity contribution < 1.29 is 14.4 Å². The zero-order chi connectivity index (χ0) is 19.2. The molecule has 1 aromatic carbocycles. The molecule has 0 saturated carbocycles. The smallest absolute Gasteiger partial charge is 0.253 e. The molecule has 2 aliphatic heterocycles. The van der Waals surface area contributed by atoms with E-state index in [1.54, 1.807) is 4.90 Å². The third kappa shape index (κ3) is 4.76. The SMILES string of the molecule is C=CC(=O)N1CCC(C(=O)NCc2ccc(C(=O)N3CCCC3)cc2)CC1. The summed E-state index contributed by atoms with van der Waals surface area (Å²) in [4.78, 5) is 39.9. The second kappa shape index (κ2) is 8.84. The summed E-state index contributed by atoms with van der Waals surface area (Å²) in [6, 6.07) is 7.47. The first-order valence-electron chi connectivity index (χ1n) is 9.66. The standard InChI is InChI=1S/C21H27N3O3/c1-2-19(25)23-13-9-17(10-14-23)20(26)22-15-16-5-7-18(8-6-16)21(27)24-11-3-4-12-24/h2,5-8,17H,1,3-4,9-15H2,(H,22,26). The minimum absolute atomic E-state index is 0.0259. The Morgan fingerprint density at radius 3 is 2.22 bits per heavy atom. The van der Waals surface area contributed by atoms with Crippen LogP contribution in [0.5, 0.6) is 0 Å². The van der Waals surface area contributed by atoms with Crippen molar-refractivity contribution in [3.05, 3.63) is 48.0 Å². The fourth-order valence-electron chi connectivity index (χ4n) is 3.69. The number of piperidine rings is 1. The first kappa shape index (κ1) is 19.1. The van der Waals surface area contributed by atoms with E-state index in [0.717, 1.165) is 31.5 Å². The van der Waals surface area contributed by atoms with Gasteiger partial charge in [-0.2, -0.15) is 0 Å². The highest BCUT2D eigenvalue weighted by Gasteiger charge is 2.26. The Morgan fingerprint density at radius 2 is 1.63 bits per heavy atom. The molecule has 3 rings (SSSR count). The number of hydrogen-bond acceptors (Lipinski definition) is 3. The zero-order valence-corrected chi connectivity index (χ0v) is 15.7. The molecule has 2 fully saturated rings. The van der Waals surface area contributed by atoms with Gasteiger partial charge in [0.15, 0.2) is 0 Å². The molecule has 3 amide bonds. The lowest BCUT2D eigenvalue weighted by atomic mass is 9.95. The summed E-state index contributed by atoms with van der Waals surface area (Å²) < 4.78 is 0. The molecule has 2 saturated heterocycles. The van der Waals surface area contributed by atoms with Crippen molar-refractivity contribution in [3.8, 4) is 0 Å². The minimum atomic E-state index is -0.0718. The Bertz CT molecular complexity index is 700. The summed E-state index contributed by atoms with van der Waals surface area (Å²) in [6.07, 6.45) is 4.83. The van der Waals surface area contributed by atoms with Gasteiger partial charge >= 0.3 is 0 Å². The van der Waals surface area contributed by atoms with E-state index >= 15 is 0 Å². The van der Waals surface area contributed by atoms with Crippen LogP contribution >= 0.6 is 0 Å². The van der Waals surface area contributed by atoms with Crippen molar-refractivity contribution in [2.24, 2.45) is 5.92 Å². The highest BCUT2D eigenvalue weighted by molar-refractivity contribution is 5.94. The van der Waals surface area contributed by atoms with Gasteiger partial charge < -0.3 is 15.1 Å². The first-order chi connectivity index (χ1) is 13.1. The van der Waals surface area contributed by atoms with Crippen LogP contribution in [0.1, 0.15) is 41.6 Å². The molecule has 0 atom stereocenters. The molecule has 6 heteroatoms. The maximum Gasteiger partial charge on any atom is 0.253 e. The van der Waals surface area contributed by atoms with Crippen molar-refractivity contribution in [1.29, 1.82) is 0 Å². The van der Waals surface area contributed by atoms with Gasteiger partial charge in [0.05, 0.1) is 0 Å². The zero-order valence-electron chi connectivity index (χ0n) is 15.7. The van der Waals surface area contributed by atoms with E-state index in [1.807, 2.05) is 29.2 Å². The highest BCUT2D eigenvalue weighted by atomic mass is 16.2. The second-order valence-corrected chi connectivity index (χ2v) is 7.22. The number of likely N-dealkylation sites (tertiary alicyclic amines) is 2. The lowest BCUT2D eigenvalue weighted by Gasteiger charge is -2.30. The van der Waals surface area contributed by atoms with Gasteiger partial charge in [0.2, 0.25) is 11.8 Å². The minimum Gasteiger partial charge on any atom is -0.352 e. The highest BCUT2D eigenvalue weighted by Crippen LogP contribution is 2.18. The number of amides is 3. The maximum absolute atomic E-state index is 12.4. The fraction of sp³-hybridized carbons (Fsp3) is 0.476. The quantitative estimate of drug-likeness (QED) is 0.807. The lowest BCUT2D eigenvalue weighted by Crippen LogP contribution is -2.42. The van der Waals surface area contributed by atoms with Crippen LogP contribution in [-0.4, -0.2) is 53.7 Å². The molecular formula is C21H27N3O3. The molecule has 0 aromatic heterocycles. The molecule has 2 heterocycles. The fourth-order valence-corrected chi connectivity index (χ4v) is 3.69. The molecule has 2 aliphatic rings. The normalized spacial score (nSPS) is 17.6. The number of carbonyl (C=O) groups is 3. The van der Waals surface area contributed by atoms with E-state index < -0.39 is 0 Å². The van der Waals surface area contributed by atoms with Crippen molar-refractivity contribution in [3.63, 3.8) is 0 Å². The number of benzene rings is 1. The van der Waals surface area contributed by atoms with Crippen molar-refractivity contribution in [2.75, 3.05) is 26.2 Å². The van der Waals surface area contributed by atoms with Crippen LogP contribution in [0.3, 0.4) is 0 Å². The maximum atomic E-state index is 12.4. The Morgan fingerprint density at radius 1 is 1.00 bits per heavy atom. The summed E-state index contributed by atoms with van der Waals surface area (Å²) in [5, 5.41) is 2.97. The van der Waals surface area contributed by atoms with Gasteiger partial charge in [-0.1, -0.05) is 18.7 Å². The monoisotopic (exact) mass is 369 g/mol. The molecule has 0 spiro atoms. The predicted octanol–water partition coefficient (Wildman–Crippen LogP) is 1.96. The summed E-state index contributed by atoms with van der Waals surface area (Å²) in [7, 11) is 0. The molecule has 0 unspecified atom stereocenters. The summed E-state index contributed by atoms with van der Waals surface area (Å²) >= 11 is 0. The van der Waals surface area contributed by atoms with Crippen LogP contribution in [0.25, 0.3) is 0 Å². The van der Waals surface area contributed by atoms with Gasteiger partial charge in [-0.3, -0.25) is 14.4 Å². The Labute approximate surface area is 160 Å². The van der Waals surface area contributed by atoms with Gasteiger partial charge in [0.25, 0.3) is 5.91 Å². The lowest BCUT2D eigenvalue weighted by molar-refractivity contribution is -0.132. The first-order valence-corrected chi connectivity index (χ1v) is 9.66. The number of carbonyl (C=O) groups excluding carboxylic acids is 3. The second-order valence-electron chi connectivity index (χ2n) is 7.22. The third-order valence-corrected chi connectivity index (χ3v) is 5.41. The summed E-state index contributed by atoms with van der Waals surface area (Å²) in [6.45, 7) is 6.81. The van der Waals surface area contributed by atoms with E-state index in [4.69, 9.17) is 0 Å². The summed E-state index contributed by atoms with van der Waals surface area (Å²) in [5.74, 6) is -0.0193. The van der Waals surface area contributed by atoms with Crippen LogP contribution in [0.15, 0.2) is 36.9 Å². The molecule has 27 heavy (non-hydrogen) atoms. The predicted molar refractivity (Wildman–Crippen MR) is 103 cm³/mol. The van der Waals surface area contributed by atoms with Gasteiger partial charge in [0, 0.05) is 44.2 Å². The van der Waals surface area contributed by atoms with Gasteiger partial charge in [0.1, 0.15) is 0 Å². The number of hydrogen-bond donors (Lipinski definition) is 1. The molecule has 1 N–H and O–H groups in total. The molecule has 1 aromatic rings. The van der Waals surface area contributed by atoms with E-state index in [-0.39, 0.29) is 23.6 Å². The average Bonchev–Trinajstić information content (AvgIpc) is 3.26. The van der Waals surface area contributed by atoms with E-state index in [9.17, 15) is 14.4 Å². The molecule has 0 aliphatic carbocycles. The van der Waals surface area contributed by atoms with Gasteiger partial charge in [-0.15, -0.1) is 0 Å². The van der Waals surface area contributed by atoms with Crippen LogP contribution < -0.4 is 5.32 Å². The van der Waals surface area contributed by atoms with E-state index in [0.29, 0.717) is 38.0 Å². The Kier molecular flexibility index (Phi) is 6.27. The van der Waals surface area contributed by atoms with Crippen LogP contribution in [0, 0.1) is 5.92 Å². The van der Waals surface area contributed by atoms with E-state index in [1.165, 1.54) is 6.08 Å². The van der Waals surface area contributed by atoms with Crippen molar-refractivity contribution >= 4 is 17.7 Å². The van der Waals surface area contributed by atoms with Crippen LogP contribution in [-0.2, 0) is 16.1 Å². The average molecular weight is 369 g/mol. The molecule has 6 nitrogen and oxygen atoms in total. The van der Waals surface area contributed by atoms with Crippen LogP contribution in [0.4, 0.5) is 0 Å². The number of nitrogens with one attached hydrogen (secondary N) is 1. The van der Waals surface area contributed by atoms with Crippen LogP contribution in [0.2, 0.25) is 0 Å². The number of rotatable bonds is 5. The molecule has 0 radical (unpaired) electrons. The third-order valence-electron chi connectivity index (χ3n) is 5.41.